The molecular weight excluding hydrogens is 292 g/mol. The van der Waals surface area contributed by atoms with Gasteiger partial charge < -0.3 is 10.0 Å². The maximum absolute atomic E-state index is 12.7. The second-order valence-corrected chi connectivity index (χ2v) is 5.75. The second-order valence-electron chi connectivity index (χ2n) is 5.75. The Morgan fingerprint density at radius 3 is 2.52 bits per heavy atom. The Balaban J connectivity index is 1.73. The van der Waals surface area contributed by atoms with Crippen molar-refractivity contribution in [1.82, 2.24) is 19.6 Å². The molecule has 3 rings (SSSR count). The topological polar surface area (TPSA) is 61.6 Å². The fraction of sp³-hybridized carbons (Fsp3) is 0.412. The van der Waals surface area contributed by atoms with Gasteiger partial charge in [0.2, 0.25) is 0 Å². The van der Waals surface area contributed by atoms with Gasteiger partial charge in [-0.1, -0.05) is 18.2 Å². The normalized spacial score (nSPS) is 15.8. The first-order valence-corrected chi connectivity index (χ1v) is 7.93. The van der Waals surface area contributed by atoms with Gasteiger partial charge in [-0.05, 0) is 19.1 Å². The minimum atomic E-state index is 0.0355. The highest BCUT2D eigenvalue weighted by Gasteiger charge is 2.24. The smallest absolute Gasteiger partial charge is 0.257 e. The van der Waals surface area contributed by atoms with Crippen molar-refractivity contribution in [1.29, 1.82) is 0 Å². The number of carbonyl (C=O) groups excluding carboxylic acids is 1. The third-order valence-electron chi connectivity index (χ3n) is 4.32. The Kier molecular flexibility index (Phi) is 4.73. The molecule has 1 amide bonds. The van der Waals surface area contributed by atoms with Crippen LogP contribution < -0.4 is 0 Å². The molecular formula is C17H22N4O2. The fourth-order valence-corrected chi connectivity index (χ4v) is 2.94. The molecule has 23 heavy (non-hydrogen) atoms. The highest BCUT2D eigenvalue weighted by Crippen LogP contribution is 2.16. The van der Waals surface area contributed by atoms with E-state index in [1.165, 1.54) is 0 Å². The number of β-amino-alcohol motifs (C(OH)–C–C–N with tert-alkyl or cyclic N) is 1. The van der Waals surface area contributed by atoms with Gasteiger partial charge in [0.1, 0.15) is 0 Å². The van der Waals surface area contributed by atoms with E-state index < -0.39 is 0 Å². The number of piperazine rings is 1. The minimum Gasteiger partial charge on any atom is -0.395 e. The SMILES string of the molecule is Cc1c(C(=O)N2CCN(CCO)CC2)cnn1-c1ccccc1. The molecule has 0 aliphatic carbocycles. The van der Waals surface area contributed by atoms with Gasteiger partial charge in [0, 0.05) is 32.7 Å². The Bertz CT molecular complexity index is 660. The molecule has 1 aliphatic rings. The zero-order valence-electron chi connectivity index (χ0n) is 13.4. The van der Waals surface area contributed by atoms with Crippen LogP contribution in [0.15, 0.2) is 36.5 Å². The lowest BCUT2D eigenvalue weighted by atomic mass is 10.2. The first-order valence-electron chi connectivity index (χ1n) is 7.93. The Hall–Kier alpha value is -2.18. The van der Waals surface area contributed by atoms with E-state index in [1.807, 2.05) is 42.2 Å². The van der Waals surface area contributed by atoms with Crippen molar-refractivity contribution < 1.29 is 9.90 Å². The molecule has 6 nitrogen and oxygen atoms in total. The fourth-order valence-electron chi connectivity index (χ4n) is 2.94. The Labute approximate surface area is 135 Å². The van der Waals surface area contributed by atoms with E-state index in [-0.39, 0.29) is 12.5 Å². The molecule has 0 radical (unpaired) electrons. The first-order chi connectivity index (χ1) is 11.2. The summed E-state index contributed by atoms with van der Waals surface area (Å²) in [4.78, 5) is 16.8. The van der Waals surface area contributed by atoms with Crippen LogP contribution in [0.25, 0.3) is 5.69 Å². The standard InChI is InChI=1S/C17H22N4O2/c1-14-16(13-18-21(14)15-5-3-2-4-6-15)17(23)20-9-7-19(8-10-20)11-12-22/h2-6,13,22H,7-12H2,1H3. The van der Waals surface area contributed by atoms with E-state index in [9.17, 15) is 4.79 Å². The number of benzene rings is 1. The van der Waals surface area contributed by atoms with Crippen molar-refractivity contribution in [3.63, 3.8) is 0 Å². The van der Waals surface area contributed by atoms with Crippen molar-refractivity contribution >= 4 is 5.91 Å². The van der Waals surface area contributed by atoms with Crippen LogP contribution in [-0.4, -0.2) is 69.9 Å². The summed E-state index contributed by atoms with van der Waals surface area (Å²) in [5.41, 5.74) is 2.47. The van der Waals surface area contributed by atoms with E-state index in [4.69, 9.17) is 5.11 Å². The number of carbonyl (C=O) groups is 1. The number of para-hydroxylation sites is 1. The van der Waals surface area contributed by atoms with Gasteiger partial charge in [0.15, 0.2) is 0 Å². The number of aromatic nitrogens is 2. The highest BCUT2D eigenvalue weighted by atomic mass is 16.3. The van der Waals surface area contributed by atoms with Crippen LogP contribution in [-0.2, 0) is 0 Å². The van der Waals surface area contributed by atoms with Crippen LogP contribution in [0.5, 0.6) is 0 Å². The molecule has 2 heterocycles. The summed E-state index contributed by atoms with van der Waals surface area (Å²) in [6.07, 6.45) is 1.66. The van der Waals surface area contributed by atoms with Crippen molar-refractivity contribution in [2.75, 3.05) is 39.3 Å². The Morgan fingerprint density at radius 2 is 1.87 bits per heavy atom. The van der Waals surface area contributed by atoms with E-state index in [0.29, 0.717) is 25.2 Å². The molecule has 1 aliphatic heterocycles. The minimum absolute atomic E-state index is 0.0355. The predicted molar refractivity (Wildman–Crippen MR) is 87.7 cm³/mol. The van der Waals surface area contributed by atoms with E-state index >= 15 is 0 Å². The molecule has 0 spiro atoms. The number of amides is 1. The van der Waals surface area contributed by atoms with Gasteiger partial charge in [0.05, 0.1) is 29.7 Å². The van der Waals surface area contributed by atoms with Crippen LogP contribution in [0.2, 0.25) is 0 Å². The summed E-state index contributed by atoms with van der Waals surface area (Å²) >= 11 is 0. The average molecular weight is 314 g/mol. The molecule has 2 aromatic rings. The van der Waals surface area contributed by atoms with Gasteiger partial charge in [0.25, 0.3) is 5.91 Å². The number of hydrogen-bond donors (Lipinski definition) is 1. The molecule has 1 aromatic carbocycles. The Morgan fingerprint density at radius 1 is 1.17 bits per heavy atom. The lowest BCUT2D eigenvalue weighted by Crippen LogP contribution is -2.49. The van der Waals surface area contributed by atoms with Crippen molar-refractivity contribution in [2.45, 2.75) is 6.92 Å². The van der Waals surface area contributed by atoms with E-state index in [1.54, 1.807) is 10.9 Å². The van der Waals surface area contributed by atoms with Crippen LogP contribution in [0.4, 0.5) is 0 Å². The number of aliphatic hydroxyl groups is 1. The lowest BCUT2D eigenvalue weighted by Gasteiger charge is -2.34. The largest absolute Gasteiger partial charge is 0.395 e. The summed E-state index contributed by atoms with van der Waals surface area (Å²) in [6, 6.07) is 9.82. The lowest BCUT2D eigenvalue weighted by molar-refractivity contribution is 0.0614. The molecule has 1 saturated heterocycles. The summed E-state index contributed by atoms with van der Waals surface area (Å²) in [6.45, 7) is 5.75. The van der Waals surface area contributed by atoms with Gasteiger partial charge in [-0.2, -0.15) is 5.10 Å². The summed E-state index contributed by atoms with van der Waals surface area (Å²) in [7, 11) is 0. The second kappa shape index (κ2) is 6.93. The number of aliphatic hydroxyl groups excluding tert-OH is 1. The van der Waals surface area contributed by atoms with Crippen LogP contribution in [0, 0.1) is 6.92 Å². The molecule has 1 N–H and O–H groups in total. The highest BCUT2D eigenvalue weighted by molar-refractivity contribution is 5.95. The van der Waals surface area contributed by atoms with Crippen molar-refractivity contribution in [3.05, 3.63) is 47.8 Å². The van der Waals surface area contributed by atoms with Gasteiger partial charge >= 0.3 is 0 Å². The van der Waals surface area contributed by atoms with Gasteiger partial charge in [-0.3, -0.25) is 9.69 Å². The molecule has 0 bridgehead atoms. The summed E-state index contributed by atoms with van der Waals surface area (Å²) in [5, 5.41) is 13.4. The molecule has 122 valence electrons. The van der Waals surface area contributed by atoms with Gasteiger partial charge in [-0.25, -0.2) is 4.68 Å². The zero-order chi connectivity index (χ0) is 16.2. The molecule has 0 saturated carbocycles. The number of nitrogens with zero attached hydrogens (tertiary/aromatic N) is 4. The summed E-state index contributed by atoms with van der Waals surface area (Å²) in [5.74, 6) is 0.0355. The van der Waals surface area contributed by atoms with Crippen LogP contribution >= 0.6 is 0 Å². The molecule has 6 heteroatoms. The third kappa shape index (κ3) is 3.28. The molecule has 0 unspecified atom stereocenters. The molecule has 1 fully saturated rings. The van der Waals surface area contributed by atoms with E-state index in [2.05, 4.69) is 10.00 Å². The maximum Gasteiger partial charge on any atom is 0.257 e. The van der Waals surface area contributed by atoms with Gasteiger partial charge in [-0.15, -0.1) is 0 Å². The molecule has 1 aromatic heterocycles. The third-order valence-corrected chi connectivity index (χ3v) is 4.32. The maximum atomic E-state index is 12.7. The van der Waals surface area contributed by atoms with Crippen molar-refractivity contribution in [3.8, 4) is 5.69 Å². The van der Waals surface area contributed by atoms with Crippen molar-refractivity contribution in [2.24, 2.45) is 0 Å². The van der Waals surface area contributed by atoms with Crippen LogP contribution in [0.3, 0.4) is 0 Å². The summed E-state index contributed by atoms with van der Waals surface area (Å²) < 4.78 is 1.80. The zero-order valence-corrected chi connectivity index (χ0v) is 13.4. The van der Waals surface area contributed by atoms with E-state index in [0.717, 1.165) is 24.5 Å². The monoisotopic (exact) mass is 314 g/mol. The predicted octanol–water partition coefficient (Wildman–Crippen LogP) is 0.931. The quantitative estimate of drug-likeness (QED) is 0.912. The average Bonchev–Trinajstić information content (AvgIpc) is 2.97. The number of hydrogen-bond acceptors (Lipinski definition) is 4. The van der Waals surface area contributed by atoms with Crippen LogP contribution in [0.1, 0.15) is 16.1 Å². The number of rotatable bonds is 4. The first kappa shape index (κ1) is 15.7. The molecule has 0 atom stereocenters.